The molecular formula is C37H64O9. The van der Waals surface area contributed by atoms with E-state index in [9.17, 15) is 20.1 Å². The minimum Gasteiger partial charge on any atom is -0.396 e. The van der Waals surface area contributed by atoms with Gasteiger partial charge in [-0.3, -0.25) is 0 Å². The van der Waals surface area contributed by atoms with E-state index in [1.54, 1.807) is 0 Å². The van der Waals surface area contributed by atoms with Gasteiger partial charge in [0.25, 0.3) is 0 Å². The zero-order valence-corrected chi connectivity index (χ0v) is 29.9. The molecule has 5 fully saturated rings. The Morgan fingerprint density at radius 3 is 2.30 bits per heavy atom. The molecule has 266 valence electrons. The Kier molecular flexibility index (Phi) is 10.8. The topological polar surface area (TPSA) is 124 Å². The minimum atomic E-state index is -1.11. The number of hydrogen-bond acceptors (Lipinski definition) is 9. The number of aliphatic hydroxyl groups excluding tert-OH is 2. The zero-order valence-electron chi connectivity index (χ0n) is 29.9. The van der Waals surface area contributed by atoms with Gasteiger partial charge in [0.15, 0.2) is 11.6 Å². The Balaban J connectivity index is 1.29. The second-order valence-corrected chi connectivity index (χ2v) is 16.5. The van der Waals surface area contributed by atoms with Crippen LogP contribution in [-0.4, -0.2) is 87.6 Å². The van der Waals surface area contributed by atoms with Crippen molar-refractivity contribution in [1.82, 2.24) is 0 Å². The fraction of sp³-hybridized carbons (Fsp3) is 0.973. The second-order valence-electron chi connectivity index (χ2n) is 16.5. The summed E-state index contributed by atoms with van der Waals surface area (Å²) in [5.41, 5.74) is -1.03. The van der Waals surface area contributed by atoms with Gasteiger partial charge in [0.05, 0.1) is 47.8 Å². The molecule has 9 heteroatoms. The maximum atomic E-state index is 11.6. The van der Waals surface area contributed by atoms with Gasteiger partial charge >= 0.3 is 0 Å². The zero-order chi connectivity index (χ0) is 33.8. The van der Waals surface area contributed by atoms with Crippen molar-refractivity contribution in [3.8, 4) is 0 Å². The van der Waals surface area contributed by atoms with Gasteiger partial charge in [0.2, 0.25) is 0 Å². The van der Waals surface area contributed by atoms with Crippen LogP contribution in [0.25, 0.3) is 0 Å². The first kappa shape index (κ1) is 36.6. The van der Waals surface area contributed by atoms with E-state index in [1.807, 2.05) is 27.7 Å². The molecule has 0 aromatic rings. The van der Waals surface area contributed by atoms with Crippen LogP contribution in [0.4, 0.5) is 0 Å². The van der Waals surface area contributed by atoms with Crippen LogP contribution in [0.2, 0.25) is 0 Å². The normalized spacial score (nSPS) is 51.7. The predicted molar refractivity (Wildman–Crippen MR) is 174 cm³/mol. The maximum absolute atomic E-state index is 11.6. The second kappa shape index (κ2) is 13.6. The highest BCUT2D eigenvalue weighted by Gasteiger charge is 2.62. The maximum Gasteiger partial charge on any atom is 0.172 e. The molecule has 5 rings (SSSR count). The number of carbonyl (C=O) groups is 1. The monoisotopic (exact) mass is 652 g/mol. The van der Waals surface area contributed by atoms with Crippen molar-refractivity contribution in [1.29, 1.82) is 0 Å². The Labute approximate surface area is 277 Å². The minimum absolute atomic E-state index is 0.0783. The van der Waals surface area contributed by atoms with Crippen LogP contribution in [0, 0.1) is 41.4 Å². The summed E-state index contributed by atoms with van der Waals surface area (Å²) in [6, 6.07) is 0. The molecule has 3 N–H and O–H groups in total. The molecular weight excluding hydrogens is 588 g/mol. The summed E-state index contributed by atoms with van der Waals surface area (Å²) in [5.74, 6) is -2.25. The van der Waals surface area contributed by atoms with E-state index >= 15 is 0 Å². The standard InChI is InChI=1S/C37H64O9/c1-10-35(33-22(4)17-29(42-33)31-21(3)16-24(6)37(41,11-2)45-31)13-12-30(43-35)34(9)14-15-36(46-34)18-28(40)26(8)32(44-36)25(7)27(20-39)23(5)19-38/h19,21-33,39-41H,10-18,20H2,1-9H3/t21?,22-,23+,24+,25-,26+,27-,28-,29+,30+,31-,32+,33+,34-,35-,36+,37?/m0/s1. The highest BCUT2D eigenvalue weighted by molar-refractivity contribution is 5.53. The number of hydrogen-bond donors (Lipinski definition) is 3. The highest BCUT2D eigenvalue weighted by atomic mass is 16.7. The molecule has 5 heterocycles. The van der Waals surface area contributed by atoms with Gasteiger partial charge in [0, 0.05) is 37.2 Å². The molecule has 5 saturated heterocycles. The van der Waals surface area contributed by atoms with Crippen molar-refractivity contribution in [2.75, 3.05) is 6.61 Å². The van der Waals surface area contributed by atoms with E-state index in [0.29, 0.717) is 25.2 Å². The Bertz CT molecular complexity index is 1060. The Morgan fingerprint density at radius 1 is 0.957 bits per heavy atom. The molecule has 9 nitrogen and oxygen atoms in total. The van der Waals surface area contributed by atoms with Crippen LogP contribution < -0.4 is 0 Å². The van der Waals surface area contributed by atoms with Crippen LogP contribution >= 0.6 is 0 Å². The molecule has 0 radical (unpaired) electrons. The SMILES string of the molecule is CCC1(O)O[C@H]([C@H]2C[C@H](C)[C@H]([C@]3(CC)CC[C@H]([C@]4(C)CC[C@]5(C[C@H](O)[C@@H](C)[C@@H]([C@@H](C)[C@@H](CO)[C@H](C)C=O)O5)O4)O3)O2)C(C)C[C@H]1C. The van der Waals surface area contributed by atoms with Crippen molar-refractivity contribution in [2.45, 2.75) is 180 Å². The third kappa shape index (κ3) is 6.38. The van der Waals surface area contributed by atoms with Gasteiger partial charge in [-0.1, -0.05) is 55.4 Å². The van der Waals surface area contributed by atoms with Gasteiger partial charge < -0.3 is 43.8 Å². The van der Waals surface area contributed by atoms with E-state index in [1.165, 1.54) is 0 Å². The third-order valence-electron chi connectivity index (χ3n) is 13.4. The van der Waals surface area contributed by atoms with Gasteiger partial charge in [0.1, 0.15) is 6.29 Å². The third-order valence-corrected chi connectivity index (χ3v) is 13.4. The van der Waals surface area contributed by atoms with Gasteiger partial charge in [-0.25, -0.2) is 0 Å². The van der Waals surface area contributed by atoms with E-state index in [4.69, 9.17) is 23.7 Å². The van der Waals surface area contributed by atoms with E-state index < -0.39 is 28.9 Å². The van der Waals surface area contributed by atoms with Gasteiger partial charge in [-0.05, 0) is 75.5 Å². The first-order chi connectivity index (χ1) is 21.6. The summed E-state index contributed by atoms with van der Waals surface area (Å²) >= 11 is 0. The molecule has 0 aromatic heterocycles. The van der Waals surface area contributed by atoms with Crippen LogP contribution in [0.15, 0.2) is 0 Å². The van der Waals surface area contributed by atoms with E-state index in [0.717, 1.165) is 44.8 Å². The quantitative estimate of drug-likeness (QED) is 0.266. The van der Waals surface area contributed by atoms with Crippen molar-refractivity contribution >= 4 is 6.29 Å². The number of aldehydes is 1. The summed E-state index contributed by atoms with van der Waals surface area (Å²) in [4.78, 5) is 11.6. The summed E-state index contributed by atoms with van der Waals surface area (Å²) < 4.78 is 34.2. The molecule has 1 spiro atoms. The molecule has 17 atom stereocenters. The molecule has 0 aromatic carbocycles. The molecule has 5 aliphatic rings. The number of aliphatic hydroxyl groups is 3. The van der Waals surface area contributed by atoms with Crippen LogP contribution in [0.3, 0.4) is 0 Å². The smallest absolute Gasteiger partial charge is 0.172 e. The average molecular weight is 653 g/mol. The van der Waals surface area contributed by atoms with E-state index in [2.05, 4.69) is 34.6 Å². The summed E-state index contributed by atoms with van der Waals surface area (Å²) in [5, 5.41) is 32.6. The number of rotatable bonds is 10. The van der Waals surface area contributed by atoms with E-state index in [-0.39, 0.29) is 72.6 Å². The lowest BCUT2D eigenvalue weighted by atomic mass is 9.74. The lowest BCUT2D eigenvalue weighted by Gasteiger charge is -2.49. The molecule has 0 amide bonds. The fourth-order valence-electron chi connectivity index (χ4n) is 10.1. The number of ether oxygens (including phenoxy) is 5. The average Bonchev–Trinajstić information content (AvgIpc) is 3.73. The summed E-state index contributed by atoms with van der Waals surface area (Å²) in [6.07, 6.45) is 6.15. The Morgan fingerprint density at radius 2 is 1.67 bits per heavy atom. The van der Waals surface area contributed by atoms with Crippen LogP contribution in [0.5, 0.6) is 0 Å². The van der Waals surface area contributed by atoms with Crippen molar-refractivity contribution in [3.05, 3.63) is 0 Å². The first-order valence-corrected chi connectivity index (χ1v) is 18.5. The lowest BCUT2D eigenvalue weighted by molar-refractivity contribution is -0.335. The van der Waals surface area contributed by atoms with Crippen molar-refractivity contribution in [2.24, 2.45) is 41.4 Å². The lowest BCUT2D eigenvalue weighted by Crippen LogP contribution is -2.56. The van der Waals surface area contributed by atoms with Crippen LogP contribution in [0.1, 0.15) is 120 Å². The van der Waals surface area contributed by atoms with Crippen molar-refractivity contribution < 1.29 is 43.8 Å². The first-order valence-electron chi connectivity index (χ1n) is 18.5. The van der Waals surface area contributed by atoms with Crippen LogP contribution in [-0.2, 0) is 28.5 Å². The highest BCUT2D eigenvalue weighted by Crippen LogP contribution is 2.55. The fourth-order valence-corrected chi connectivity index (χ4v) is 10.1. The van der Waals surface area contributed by atoms with Crippen molar-refractivity contribution in [3.63, 3.8) is 0 Å². The van der Waals surface area contributed by atoms with Gasteiger partial charge in [-0.15, -0.1) is 0 Å². The number of carbonyl (C=O) groups excluding carboxylic acids is 1. The molecule has 0 bridgehead atoms. The molecule has 46 heavy (non-hydrogen) atoms. The molecule has 5 aliphatic heterocycles. The summed E-state index contributed by atoms with van der Waals surface area (Å²) in [7, 11) is 0. The molecule has 2 unspecified atom stereocenters. The largest absolute Gasteiger partial charge is 0.396 e. The van der Waals surface area contributed by atoms with Gasteiger partial charge in [-0.2, -0.15) is 0 Å². The molecule has 0 saturated carbocycles. The molecule has 0 aliphatic carbocycles. The summed E-state index contributed by atoms with van der Waals surface area (Å²) in [6.45, 7) is 18.6. The Hall–Kier alpha value is -0.650. The predicted octanol–water partition coefficient (Wildman–Crippen LogP) is 5.40.